The Bertz CT molecular complexity index is 504. The van der Waals surface area contributed by atoms with Crippen molar-refractivity contribution in [1.29, 1.82) is 0 Å². The van der Waals surface area contributed by atoms with Crippen LogP contribution >= 0.6 is 15.9 Å². The Morgan fingerprint density at radius 1 is 1.19 bits per heavy atom. The maximum Gasteiger partial charge on any atom is 0.251 e. The minimum atomic E-state index is -0.482. The average Bonchev–Trinajstić information content (AvgIpc) is 2.48. The number of nitrogens with one attached hydrogen (secondary N) is 2. The Hall–Kier alpha value is -1.40. The summed E-state index contributed by atoms with van der Waals surface area (Å²) in [6.07, 6.45) is 3.02. The third-order valence-electron chi connectivity index (χ3n) is 3.59. The van der Waals surface area contributed by atoms with E-state index in [1.54, 1.807) is 24.3 Å². The fourth-order valence-corrected chi connectivity index (χ4v) is 2.67. The summed E-state index contributed by atoms with van der Waals surface area (Å²) in [5.41, 5.74) is 0.503. The molecule has 1 aliphatic carbocycles. The lowest BCUT2D eigenvalue weighted by Gasteiger charge is -2.28. The van der Waals surface area contributed by atoms with Crippen LogP contribution in [0.1, 0.15) is 36.0 Å². The Kier molecular flexibility index (Phi) is 5.76. The fourth-order valence-electron chi connectivity index (χ4n) is 2.40. The van der Waals surface area contributed by atoms with Crippen LogP contribution in [0.15, 0.2) is 28.7 Å². The molecule has 0 aromatic heterocycles. The van der Waals surface area contributed by atoms with Crippen LogP contribution in [0.3, 0.4) is 0 Å². The highest BCUT2D eigenvalue weighted by Crippen LogP contribution is 2.18. The van der Waals surface area contributed by atoms with Gasteiger partial charge in [0.25, 0.3) is 5.91 Å². The van der Waals surface area contributed by atoms with Gasteiger partial charge in [-0.1, -0.05) is 28.8 Å². The summed E-state index contributed by atoms with van der Waals surface area (Å²) in [6.45, 7) is -0.0852. The van der Waals surface area contributed by atoms with Gasteiger partial charge in [-0.3, -0.25) is 9.59 Å². The lowest BCUT2D eigenvalue weighted by Crippen LogP contribution is -2.48. The second-order valence-corrected chi connectivity index (χ2v) is 6.13. The van der Waals surface area contributed by atoms with E-state index in [9.17, 15) is 14.7 Å². The molecule has 114 valence electrons. The molecule has 3 N–H and O–H groups in total. The van der Waals surface area contributed by atoms with E-state index < -0.39 is 6.10 Å². The molecular formula is C15H19BrN2O3. The molecule has 2 amide bonds. The molecule has 0 spiro atoms. The lowest BCUT2D eigenvalue weighted by atomic mass is 9.92. The topological polar surface area (TPSA) is 78.4 Å². The summed E-state index contributed by atoms with van der Waals surface area (Å²) >= 11 is 3.30. The molecule has 1 aromatic carbocycles. The van der Waals surface area contributed by atoms with E-state index in [2.05, 4.69) is 26.6 Å². The van der Waals surface area contributed by atoms with Crippen molar-refractivity contribution < 1.29 is 14.7 Å². The van der Waals surface area contributed by atoms with E-state index in [0.717, 1.165) is 30.2 Å². The minimum Gasteiger partial charge on any atom is -0.391 e. The molecule has 1 aliphatic rings. The van der Waals surface area contributed by atoms with E-state index in [1.807, 2.05) is 0 Å². The maximum atomic E-state index is 11.9. The molecule has 0 bridgehead atoms. The highest BCUT2D eigenvalue weighted by atomic mass is 79.9. The zero-order chi connectivity index (χ0) is 15.2. The molecule has 1 fully saturated rings. The van der Waals surface area contributed by atoms with Crippen LogP contribution in [-0.4, -0.2) is 35.6 Å². The first-order valence-electron chi connectivity index (χ1n) is 7.07. The highest BCUT2D eigenvalue weighted by molar-refractivity contribution is 9.10. The number of carbonyl (C=O) groups is 2. The van der Waals surface area contributed by atoms with Gasteiger partial charge in [0.05, 0.1) is 18.7 Å². The van der Waals surface area contributed by atoms with Gasteiger partial charge in [-0.15, -0.1) is 0 Å². The minimum absolute atomic E-state index is 0.0852. The monoisotopic (exact) mass is 354 g/mol. The van der Waals surface area contributed by atoms with Gasteiger partial charge >= 0.3 is 0 Å². The van der Waals surface area contributed by atoms with Crippen molar-refractivity contribution >= 4 is 27.7 Å². The van der Waals surface area contributed by atoms with Gasteiger partial charge < -0.3 is 15.7 Å². The van der Waals surface area contributed by atoms with Crippen molar-refractivity contribution in [1.82, 2.24) is 10.6 Å². The first-order valence-corrected chi connectivity index (χ1v) is 7.87. The zero-order valence-corrected chi connectivity index (χ0v) is 13.2. The summed E-state index contributed by atoms with van der Waals surface area (Å²) in [5, 5.41) is 15.1. The third-order valence-corrected chi connectivity index (χ3v) is 4.12. The maximum absolute atomic E-state index is 11.9. The van der Waals surface area contributed by atoms with Crippen LogP contribution in [0.4, 0.5) is 0 Å². The van der Waals surface area contributed by atoms with Gasteiger partial charge in [-0.25, -0.2) is 0 Å². The van der Waals surface area contributed by atoms with E-state index in [4.69, 9.17) is 0 Å². The van der Waals surface area contributed by atoms with Crippen molar-refractivity contribution in [3.05, 3.63) is 34.3 Å². The van der Waals surface area contributed by atoms with Gasteiger partial charge in [0.1, 0.15) is 0 Å². The highest BCUT2D eigenvalue weighted by Gasteiger charge is 2.24. The quantitative estimate of drug-likeness (QED) is 0.768. The number of hydrogen-bond acceptors (Lipinski definition) is 3. The van der Waals surface area contributed by atoms with Gasteiger partial charge in [-0.2, -0.15) is 0 Å². The summed E-state index contributed by atoms with van der Waals surface area (Å²) in [4.78, 5) is 23.7. The molecule has 0 aliphatic heterocycles. The van der Waals surface area contributed by atoms with Crippen LogP contribution in [0.5, 0.6) is 0 Å². The molecule has 6 heteroatoms. The van der Waals surface area contributed by atoms with Gasteiger partial charge in [0.2, 0.25) is 5.91 Å². The molecule has 0 unspecified atom stereocenters. The number of aliphatic hydroxyl groups excluding tert-OH is 1. The van der Waals surface area contributed by atoms with Crippen LogP contribution < -0.4 is 10.6 Å². The first-order chi connectivity index (χ1) is 10.1. The van der Waals surface area contributed by atoms with Gasteiger partial charge in [0, 0.05) is 10.0 Å². The number of carbonyl (C=O) groups excluding carboxylic acids is 2. The van der Waals surface area contributed by atoms with Crippen molar-refractivity contribution in [2.24, 2.45) is 0 Å². The molecule has 2 atom stereocenters. The average molecular weight is 355 g/mol. The van der Waals surface area contributed by atoms with Crippen LogP contribution in [0.2, 0.25) is 0 Å². The van der Waals surface area contributed by atoms with Crippen molar-refractivity contribution in [2.45, 2.75) is 37.8 Å². The molecular weight excluding hydrogens is 336 g/mol. The van der Waals surface area contributed by atoms with Crippen LogP contribution in [0.25, 0.3) is 0 Å². The molecule has 0 heterocycles. The Balaban J connectivity index is 1.78. The van der Waals surface area contributed by atoms with Gasteiger partial charge in [0.15, 0.2) is 0 Å². The molecule has 0 saturated heterocycles. The normalized spacial score (nSPS) is 21.6. The largest absolute Gasteiger partial charge is 0.391 e. The first kappa shape index (κ1) is 16.0. The van der Waals surface area contributed by atoms with Crippen molar-refractivity contribution in [3.63, 3.8) is 0 Å². The zero-order valence-electron chi connectivity index (χ0n) is 11.6. The predicted molar refractivity (Wildman–Crippen MR) is 82.9 cm³/mol. The Morgan fingerprint density at radius 3 is 2.52 bits per heavy atom. The van der Waals surface area contributed by atoms with E-state index in [-0.39, 0.29) is 24.4 Å². The molecule has 1 saturated carbocycles. The number of rotatable bonds is 4. The Morgan fingerprint density at radius 2 is 1.86 bits per heavy atom. The standard InChI is InChI=1S/C15H19BrN2O3/c16-11-7-5-10(6-8-11)15(21)17-9-14(20)18-12-3-1-2-4-13(12)19/h5-8,12-13,19H,1-4,9H2,(H,17,21)(H,18,20)/t12-,13-/m1/s1. The number of hydrogen-bond donors (Lipinski definition) is 3. The lowest BCUT2D eigenvalue weighted by molar-refractivity contribution is -0.122. The van der Waals surface area contributed by atoms with Crippen molar-refractivity contribution in [3.8, 4) is 0 Å². The SMILES string of the molecule is O=C(CNC(=O)c1ccc(Br)cc1)N[C@@H]1CCCC[C@H]1O. The molecule has 5 nitrogen and oxygen atoms in total. The molecule has 1 aromatic rings. The summed E-state index contributed by atoms with van der Waals surface area (Å²) in [6, 6.07) is 6.71. The number of halogens is 1. The van der Waals surface area contributed by atoms with E-state index in [1.165, 1.54) is 0 Å². The van der Waals surface area contributed by atoms with E-state index in [0.29, 0.717) is 5.56 Å². The van der Waals surface area contributed by atoms with E-state index >= 15 is 0 Å². The molecule has 0 radical (unpaired) electrons. The predicted octanol–water partition coefficient (Wildman–Crippen LogP) is 1.60. The summed E-state index contributed by atoms with van der Waals surface area (Å²) in [5.74, 6) is -0.562. The number of benzene rings is 1. The van der Waals surface area contributed by atoms with Gasteiger partial charge in [-0.05, 0) is 37.1 Å². The number of amides is 2. The van der Waals surface area contributed by atoms with Crippen LogP contribution in [0, 0.1) is 0 Å². The Labute approximate surface area is 132 Å². The van der Waals surface area contributed by atoms with Crippen molar-refractivity contribution in [2.75, 3.05) is 6.54 Å². The number of aliphatic hydroxyl groups is 1. The molecule has 21 heavy (non-hydrogen) atoms. The second kappa shape index (κ2) is 7.56. The smallest absolute Gasteiger partial charge is 0.251 e. The van der Waals surface area contributed by atoms with Crippen LogP contribution in [-0.2, 0) is 4.79 Å². The summed E-state index contributed by atoms with van der Waals surface area (Å²) < 4.78 is 0.892. The molecule has 2 rings (SSSR count). The summed E-state index contributed by atoms with van der Waals surface area (Å²) in [7, 11) is 0. The fraction of sp³-hybridized carbons (Fsp3) is 0.467. The third kappa shape index (κ3) is 4.82. The second-order valence-electron chi connectivity index (χ2n) is 5.22.